The number of rotatable bonds is 17. The van der Waals surface area contributed by atoms with Crippen LogP contribution in [0.25, 0.3) is 0 Å². The fourth-order valence-corrected chi connectivity index (χ4v) is 3.03. The maximum absolute atomic E-state index is 5.69. The Morgan fingerprint density at radius 1 is 0.727 bits per heavy atom. The molecule has 0 saturated heterocycles. The van der Waals surface area contributed by atoms with E-state index in [2.05, 4.69) is 26.1 Å². The third-order valence-electron chi connectivity index (χ3n) is 4.77. The zero-order valence-corrected chi connectivity index (χ0v) is 15.8. The molecule has 2 atom stereocenters. The van der Waals surface area contributed by atoms with E-state index < -0.39 is 0 Å². The molecular weight excluding hydrogens is 268 g/mol. The Labute approximate surface area is 141 Å². The molecule has 0 bridgehead atoms. The van der Waals surface area contributed by atoms with E-state index in [4.69, 9.17) is 5.73 Å². The van der Waals surface area contributed by atoms with Gasteiger partial charge in [0.2, 0.25) is 0 Å². The second-order valence-electron chi connectivity index (χ2n) is 7.19. The SMILES string of the molecule is CCCCCCCCC(CCCCC)NCCCC(C)CN. The Morgan fingerprint density at radius 3 is 1.91 bits per heavy atom. The lowest BCUT2D eigenvalue weighted by molar-refractivity contribution is 0.401. The quantitative estimate of drug-likeness (QED) is 0.341. The molecule has 0 heterocycles. The Kier molecular flexibility index (Phi) is 17.2. The largest absolute Gasteiger partial charge is 0.330 e. The van der Waals surface area contributed by atoms with Gasteiger partial charge in [-0.15, -0.1) is 0 Å². The van der Waals surface area contributed by atoms with Crippen LogP contribution < -0.4 is 11.1 Å². The average molecular weight is 313 g/mol. The van der Waals surface area contributed by atoms with Gasteiger partial charge in [0.25, 0.3) is 0 Å². The molecule has 2 heteroatoms. The Hall–Kier alpha value is -0.0800. The van der Waals surface area contributed by atoms with Gasteiger partial charge in [-0.3, -0.25) is 0 Å². The first kappa shape index (κ1) is 21.9. The number of nitrogens with one attached hydrogen (secondary N) is 1. The molecule has 0 aliphatic carbocycles. The van der Waals surface area contributed by atoms with Crippen LogP contribution in [0.5, 0.6) is 0 Å². The van der Waals surface area contributed by atoms with Gasteiger partial charge in [-0.2, -0.15) is 0 Å². The highest BCUT2D eigenvalue weighted by atomic mass is 14.9. The minimum absolute atomic E-state index is 0.680. The fourth-order valence-electron chi connectivity index (χ4n) is 3.03. The second-order valence-corrected chi connectivity index (χ2v) is 7.19. The van der Waals surface area contributed by atoms with Crippen molar-refractivity contribution in [3.8, 4) is 0 Å². The Bertz CT molecular complexity index is 206. The maximum Gasteiger partial charge on any atom is 0.00670 e. The van der Waals surface area contributed by atoms with E-state index in [-0.39, 0.29) is 0 Å². The van der Waals surface area contributed by atoms with E-state index in [1.54, 1.807) is 0 Å². The molecule has 0 aromatic heterocycles. The zero-order valence-electron chi connectivity index (χ0n) is 15.8. The van der Waals surface area contributed by atoms with Crippen molar-refractivity contribution in [1.82, 2.24) is 5.32 Å². The van der Waals surface area contributed by atoms with Crippen LogP contribution in [0.15, 0.2) is 0 Å². The summed E-state index contributed by atoms with van der Waals surface area (Å²) in [5, 5.41) is 3.82. The summed E-state index contributed by atoms with van der Waals surface area (Å²) in [6.45, 7) is 8.85. The van der Waals surface area contributed by atoms with Crippen molar-refractivity contribution in [1.29, 1.82) is 0 Å². The smallest absolute Gasteiger partial charge is 0.00670 e. The fraction of sp³-hybridized carbons (Fsp3) is 1.00. The van der Waals surface area contributed by atoms with Gasteiger partial charge in [0.05, 0.1) is 0 Å². The lowest BCUT2D eigenvalue weighted by Crippen LogP contribution is -2.30. The standard InChI is InChI=1S/C20H44N2/c1-4-6-8-9-10-12-16-20(15-11-7-5-2)22-17-13-14-19(3)18-21/h19-20,22H,4-18,21H2,1-3H3. The van der Waals surface area contributed by atoms with Crippen LogP contribution >= 0.6 is 0 Å². The number of hydrogen-bond donors (Lipinski definition) is 2. The molecule has 0 fully saturated rings. The highest BCUT2D eigenvalue weighted by molar-refractivity contribution is 4.68. The first-order valence-corrected chi connectivity index (χ1v) is 10.2. The van der Waals surface area contributed by atoms with Gasteiger partial charge in [0.1, 0.15) is 0 Å². The van der Waals surface area contributed by atoms with Crippen LogP contribution in [0.2, 0.25) is 0 Å². The van der Waals surface area contributed by atoms with Gasteiger partial charge in [0.15, 0.2) is 0 Å². The minimum atomic E-state index is 0.680. The molecule has 2 nitrogen and oxygen atoms in total. The van der Waals surface area contributed by atoms with E-state index in [1.807, 2.05) is 0 Å². The topological polar surface area (TPSA) is 38.0 Å². The zero-order chi connectivity index (χ0) is 16.5. The lowest BCUT2D eigenvalue weighted by Gasteiger charge is -2.19. The van der Waals surface area contributed by atoms with Gasteiger partial charge >= 0.3 is 0 Å². The molecule has 0 saturated carbocycles. The molecule has 3 N–H and O–H groups in total. The van der Waals surface area contributed by atoms with Gasteiger partial charge < -0.3 is 11.1 Å². The summed E-state index contributed by atoms with van der Waals surface area (Å²) in [5.41, 5.74) is 5.69. The summed E-state index contributed by atoms with van der Waals surface area (Å²) >= 11 is 0. The van der Waals surface area contributed by atoms with Gasteiger partial charge in [-0.05, 0) is 44.7 Å². The van der Waals surface area contributed by atoms with Crippen LogP contribution in [0.4, 0.5) is 0 Å². The molecule has 0 spiro atoms. The second kappa shape index (κ2) is 17.3. The average Bonchev–Trinajstić information content (AvgIpc) is 2.53. The molecule has 0 rings (SSSR count). The van der Waals surface area contributed by atoms with Crippen LogP contribution in [-0.2, 0) is 0 Å². The minimum Gasteiger partial charge on any atom is -0.330 e. The Balaban J connectivity index is 3.74. The molecule has 0 aliphatic rings. The molecule has 0 aliphatic heterocycles. The number of nitrogens with two attached hydrogens (primary N) is 1. The first-order chi connectivity index (χ1) is 10.7. The van der Waals surface area contributed by atoms with Crippen molar-refractivity contribution in [2.24, 2.45) is 11.7 Å². The van der Waals surface area contributed by atoms with E-state index in [1.165, 1.54) is 90.0 Å². The predicted octanol–water partition coefficient (Wildman–Crippen LogP) is 5.65. The molecule has 0 aromatic carbocycles. The third kappa shape index (κ3) is 14.8. The summed E-state index contributed by atoms with van der Waals surface area (Å²) in [5.74, 6) is 0.680. The summed E-state index contributed by atoms with van der Waals surface area (Å²) < 4.78 is 0. The van der Waals surface area contributed by atoms with Crippen molar-refractivity contribution in [3.63, 3.8) is 0 Å². The van der Waals surface area contributed by atoms with Gasteiger partial charge in [0, 0.05) is 6.04 Å². The number of unbranched alkanes of at least 4 members (excludes halogenated alkanes) is 7. The molecule has 0 radical (unpaired) electrons. The van der Waals surface area contributed by atoms with Gasteiger partial charge in [-0.25, -0.2) is 0 Å². The summed E-state index contributed by atoms with van der Waals surface area (Å²) in [6.07, 6.45) is 17.9. The summed E-state index contributed by atoms with van der Waals surface area (Å²) in [7, 11) is 0. The maximum atomic E-state index is 5.69. The molecule has 2 unspecified atom stereocenters. The first-order valence-electron chi connectivity index (χ1n) is 10.2. The van der Waals surface area contributed by atoms with Crippen LogP contribution in [-0.4, -0.2) is 19.1 Å². The molecule has 0 amide bonds. The van der Waals surface area contributed by atoms with Crippen LogP contribution in [0.1, 0.15) is 104 Å². The molecule has 22 heavy (non-hydrogen) atoms. The van der Waals surface area contributed by atoms with E-state index in [0.717, 1.165) is 12.6 Å². The van der Waals surface area contributed by atoms with E-state index in [9.17, 15) is 0 Å². The summed E-state index contributed by atoms with van der Waals surface area (Å²) in [6, 6.07) is 0.755. The lowest BCUT2D eigenvalue weighted by atomic mass is 10.0. The highest BCUT2D eigenvalue weighted by Gasteiger charge is 2.08. The Morgan fingerprint density at radius 2 is 1.27 bits per heavy atom. The van der Waals surface area contributed by atoms with Crippen molar-refractivity contribution < 1.29 is 0 Å². The van der Waals surface area contributed by atoms with Crippen molar-refractivity contribution in [2.45, 2.75) is 110 Å². The van der Waals surface area contributed by atoms with Crippen LogP contribution in [0.3, 0.4) is 0 Å². The van der Waals surface area contributed by atoms with Crippen molar-refractivity contribution >= 4 is 0 Å². The molecule has 0 aromatic rings. The van der Waals surface area contributed by atoms with Gasteiger partial charge in [-0.1, -0.05) is 78.6 Å². The van der Waals surface area contributed by atoms with E-state index >= 15 is 0 Å². The molecule has 134 valence electrons. The third-order valence-corrected chi connectivity index (χ3v) is 4.77. The predicted molar refractivity (Wildman–Crippen MR) is 101 cm³/mol. The highest BCUT2D eigenvalue weighted by Crippen LogP contribution is 2.13. The monoisotopic (exact) mass is 312 g/mol. The van der Waals surface area contributed by atoms with E-state index in [0.29, 0.717) is 5.92 Å². The number of hydrogen-bond acceptors (Lipinski definition) is 2. The summed E-state index contributed by atoms with van der Waals surface area (Å²) in [4.78, 5) is 0. The van der Waals surface area contributed by atoms with Crippen LogP contribution in [0, 0.1) is 5.92 Å². The normalized spacial score (nSPS) is 14.2. The van der Waals surface area contributed by atoms with Crippen molar-refractivity contribution in [3.05, 3.63) is 0 Å². The van der Waals surface area contributed by atoms with Crippen molar-refractivity contribution in [2.75, 3.05) is 13.1 Å². The molecular formula is C20H44N2.